The number of nitrogens with zero attached hydrogens (tertiary/aromatic N) is 1. The molecule has 0 aliphatic rings. The van der Waals surface area contributed by atoms with Gasteiger partial charge in [-0.3, -0.25) is 0 Å². The highest BCUT2D eigenvalue weighted by Crippen LogP contribution is 2.26. The number of anilines is 1. The third kappa shape index (κ3) is 5.14. The number of nitrogens with two attached hydrogens (primary N) is 1. The van der Waals surface area contributed by atoms with Gasteiger partial charge < -0.3 is 10.6 Å². The lowest BCUT2D eigenvalue weighted by Gasteiger charge is -2.17. The van der Waals surface area contributed by atoms with E-state index in [0.717, 1.165) is 26.1 Å². The Bertz CT molecular complexity index is 549. The molecule has 21 heavy (non-hydrogen) atoms. The second-order valence-corrected chi connectivity index (χ2v) is 7.07. The molecule has 3 N–H and O–H groups in total. The molecule has 0 amide bonds. The highest BCUT2D eigenvalue weighted by molar-refractivity contribution is 7.89. The van der Waals surface area contributed by atoms with Crippen LogP contribution in [0, 0.1) is 6.92 Å². The fourth-order valence-corrected chi connectivity index (χ4v) is 3.35. The summed E-state index contributed by atoms with van der Waals surface area (Å²) in [7, 11) is -3.54. The first-order chi connectivity index (χ1) is 9.81. The number of rotatable bonds is 8. The fourth-order valence-electron chi connectivity index (χ4n) is 2.05. The lowest BCUT2D eigenvalue weighted by Crippen LogP contribution is -2.30. The van der Waals surface area contributed by atoms with Crippen LogP contribution in [0.3, 0.4) is 0 Å². The van der Waals surface area contributed by atoms with Gasteiger partial charge in [-0.1, -0.05) is 25.4 Å². The Balaban J connectivity index is 2.66. The van der Waals surface area contributed by atoms with Gasteiger partial charge in [-0.15, -0.1) is 0 Å². The van der Waals surface area contributed by atoms with Gasteiger partial charge in [0.2, 0.25) is 10.0 Å². The molecule has 0 atom stereocenters. The third-order valence-electron chi connectivity index (χ3n) is 3.40. The molecule has 0 saturated heterocycles. The van der Waals surface area contributed by atoms with E-state index in [2.05, 4.69) is 23.5 Å². The van der Waals surface area contributed by atoms with Gasteiger partial charge in [0, 0.05) is 6.54 Å². The van der Waals surface area contributed by atoms with Crippen LogP contribution in [0.1, 0.15) is 25.8 Å². The molecule has 0 unspecified atom stereocenters. The minimum Gasteiger partial charge on any atom is -0.397 e. The van der Waals surface area contributed by atoms with Gasteiger partial charge in [0.05, 0.1) is 15.6 Å². The summed E-state index contributed by atoms with van der Waals surface area (Å²) in [5.74, 6) is 0. The van der Waals surface area contributed by atoms with Crippen molar-refractivity contribution in [1.82, 2.24) is 9.62 Å². The lowest BCUT2D eigenvalue weighted by atomic mass is 10.2. The molecule has 0 bridgehead atoms. The van der Waals surface area contributed by atoms with E-state index < -0.39 is 10.0 Å². The average Bonchev–Trinajstić information content (AvgIpc) is 2.44. The molecule has 0 fully saturated rings. The predicted octanol–water partition coefficient (Wildman–Crippen LogP) is 2.24. The Kier molecular flexibility index (Phi) is 6.93. The maximum atomic E-state index is 12.2. The average molecular weight is 334 g/mol. The van der Waals surface area contributed by atoms with Crippen LogP contribution in [0.25, 0.3) is 0 Å². The highest BCUT2D eigenvalue weighted by atomic mass is 35.5. The zero-order chi connectivity index (χ0) is 16.0. The number of nitrogens with one attached hydrogen (secondary N) is 1. The summed E-state index contributed by atoms with van der Waals surface area (Å²) >= 11 is 5.95. The van der Waals surface area contributed by atoms with Crippen LogP contribution in [0.4, 0.5) is 5.69 Å². The lowest BCUT2D eigenvalue weighted by molar-refractivity contribution is 0.300. The van der Waals surface area contributed by atoms with E-state index in [-0.39, 0.29) is 10.6 Å². The van der Waals surface area contributed by atoms with Crippen molar-refractivity contribution >= 4 is 27.3 Å². The molecule has 1 rings (SSSR count). The van der Waals surface area contributed by atoms with Crippen molar-refractivity contribution < 1.29 is 8.42 Å². The number of halogens is 1. The molecule has 5 nitrogen and oxygen atoms in total. The van der Waals surface area contributed by atoms with E-state index >= 15 is 0 Å². The van der Waals surface area contributed by atoms with Crippen LogP contribution in [-0.2, 0) is 10.0 Å². The molecule has 0 aliphatic carbocycles. The summed E-state index contributed by atoms with van der Waals surface area (Å²) in [6.45, 7) is 9.13. The van der Waals surface area contributed by atoms with Crippen LogP contribution in [0.2, 0.25) is 5.02 Å². The van der Waals surface area contributed by atoms with Crippen LogP contribution in [0.15, 0.2) is 17.0 Å². The van der Waals surface area contributed by atoms with E-state index in [0.29, 0.717) is 17.1 Å². The largest absolute Gasteiger partial charge is 0.397 e. The van der Waals surface area contributed by atoms with E-state index in [9.17, 15) is 8.42 Å². The van der Waals surface area contributed by atoms with Gasteiger partial charge in [0.25, 0.3) is 0 Å². The van der Waals surface area contributed by atoms with Crippen LogP contribution >= 0.6 is 11.6 Å². The predicted molar refractivity (Wildman–Crippen MR) is 88.2 cm³/mol. The molecule has 0 saturated carbocycles. The summed E-state index contributed by atoms with van der Waals surface area (Å²) in [5.41, 5.74) is 6.65. The first-order valence-corrected chi connectivity index (χ1v) is 8.95. The van der Waals surface area contributed by atoms with Gasteiger partial charge in [0.15, 0.2) is 0 Å². The number of aryl methyl sites for hydroxylation is 1. The van der Waals surface area contributed by atoms with Crippen molar-refractivity contribution in [2.75, 3.05) is 31.9 Å². The molecule has 0 heterocycles. The molecule has 120 valence electrons. The Morgan fingerprint density at radius 1 is 1.29 bits per heavy atom. The zero-order valence-electron chi connectivity index (χ0n) is 12.8. The molecule has 0 spiro atoms. The first-order valence-electron chi connectivity index (χ1n) is 7.09. The summed E-state index contributed by atoms with van der Waals surface area (Å²) in [5, 5.41) is 0.399. The molecular weight excluding hydrogens is 310 g/mol. The number of hydrogen-bond donors (Lipinski definition) is 2. The van der Waals surface area contributed by atoms with E-state index in [1.165, 1.54) is 12.1 Å². The SMILES string of the molecule is CCN(CC)CCCNS(=O)(=O)c1cc(C)c(Cl)c(N)c1. The monoisotopic (exact) mass is 333 g/mol. The van der Waals surface area contributed by atoms with E-state index in [4.69, 9.17) is 17.3 Å². The fraction of sp³-hybridized carbons (Fsp3) is 0.571. The van der Waals surface area contributed by atoms with Gasteiger partial charge in [-0.05, 0) is 50.7 Å². The molecule has 0 aliphatic heterocycles. The quantitative estimate of drug-likeness (QED) is 0.565. The van der Waals surface area contributed by atoms with Gasteiger partial charge in [-0.2, -0.15) is 0 Å². The normalized spacial score (nSPS) is 12.0. The van der Waals surface area contributed by atoms with Crippen molar-refractivity contribution in [2.24, 2.45) is 0 Å². The van der Waals surface area contributed by atoms with Crippen molar-refractivity contribution in [3.05, 3.63) is 22.7 Å². The minimum absolute atomic E-state index is 0.157. The molecule has 0 aromatic heterocycles. The zero-order valence-corrected chi connectivity index (χ0v) is 14.4. The minimum atomic E-state index is -3.54. The van der Waals surface area contributed by atoms with Crippen LogP contribution < -0.4 is 10.5 Å². The topological polar surface area (TPSA) is 75.4 Å². The van der Waals surface area contributed by atoms with E-state index in [1.807, 2.05) is 0 Å². The number of sulfonamides is 1. The summed E-state index contributed by atoms with van der Waals surface area (Å²) in [6.07, 6.45) is 0.767. The molecular formula is C14H24ClN3O2S. The standard InChI is InChI=1S/C14H24ClN3O2S/c1-4-18(5-2)8-6-7-17-21(19,20)12-9-11(3)14(15)13(16)10-12/h9-10,17H,4-8,16H2,1-3H3. The Morgan fingerprint density at radius 3 is 2.43 bits per heavy atom. The van der Waals surface area contributed by atoms with Crippen molar-refractivity contribution in [3.63, 3.8) is 0 Å². The maximum Gasteiger partial charge on any atom is 0.240 e. The second-order valence-electron chi connectivity index (χ2n) is 4.92. The molecule has 1 aromatic carbocycles. The summed E-state index contributed by atoms with van der Waals surface area (Å²) in [6, 6.07) is 2.92. The van der Waals surface area contributed by atoms with Gasteiger partial charge >= 0.3 is 0 Å². The molecule has 7 heteroatoms. The molecule has 0 radical (unpaired) electrons. The Morgan fingerprint density at radius 2 is 1.90 bits per heavy atom. The van der Waals surface area contributed by atoms with Crippen molar-refractivity contribution in [1.29, 1.82) is 0 Å². The maximum absolute atomic E-state index is 12.2. The third-order valence-corrected chi connectivity index (χ3v) is 5.36. The van der Waals surface area contributed by atoms with Crippen LogP contribution in [0.5, 0.6) is 0 Å². The Hall–Kier alpha value is -0.820. The highest BCUT2D eigenvalue weighted by Gasteiger charge is 2.16. The second kappa shape index (κ2) is 7.98. The number of nitrogen functional groups attached to an aromatic ring is 1. The summed E-state index contributed by atoms with van der Waals surface area (Å²) < 4.78 is 27.0. The summed E-state index contributed by atoms with van der Waals surface area (Å²) in [4.78, 5) is 2.41. The Labute approximate surface area is 132 Å². The number of hydrogen-bond acceptors (Lipinski definition) is 4. The smallest absolute Gasteiger partial charge is 0.240 e. The molecule has 1 aromatic rings. The van der Waals surface area contributed by atoms with Gasteiger partial charge in [-0.25, -0.2) is 13.1 Å². The number of benzene rings is 1. The van der Waals surface area contributed by atoms with Crippen molar-refractivity contribution in [2.45, 2.75) is 32.1 Å². The van der Waals surface area contributed by atoms with E-state index in [1.54, 1.807) is 6.92 Å². The van der Waals surface area contributed by atoms with Crippen LogP contribution in [-0.4, -0.2) is 39.5 Å². The van der Waals surface area contributed by atoms with Crippen molar-refractivity contribution in [3.8, 4) is 0 Å². The first kappa shape index (κ1) is 18.2. The van der Waals surface area contributed by atoms with Gasteiger partial charge in [0.1, 0.15) is 0 Å².